The van der Waals surface area contributed by atoms with Gasteiger partial charge in [0.05, 0.1) is 12.6 Å². The topological polar surface area (TPSA) is 22.1 Å². The number of ether oxygens (including phenoxy) is 1. The number of hydrogen-bond acceptors (Lipinski definition) is 2. The van der Waals surface area contributed by atoms with Gasteiger partial charge in [-0.3, -0.25) is 0 Å². The molecule has 1 aromatic heterocycles. The molecule has 2 aromatic rings. The molecule has 0 bridgehead atoms. The van der Waals surface area contributed by atoms with E-state index in [-0.39, 0.29) is 0 Å². The highest BCUT2D eigenvalue weighted by Gasteiger charge is 2.09. The van der Waals surface area contributed by atoms with Crippen molar-refractivity contribution in [3.63, 3.8) is 0 Å². The summed E-state index contributed by atoms with van der Waals surface area (Å²) in [5.41, 5.74) is 1.74. The number of halogens is 1. The molecule has 3 heteroatoms. The van der Waals surface area contributed by atoms with Gasteiger partial charge in [0.25, 0.3) is 0 Å². The van der Waals surface area contributed by atoms with Crippen LogP contribution in [0, 0.1) is 6.92 Å². The van der Waals surface area contributed by atoms with Gasteiger partial charge in [0.1, 0.15) is 10.9 Å². The van der Waals surface area contributed by atoms with Crippen molar-refractivity contribution in [2.75, 3.05) is 7.11 Å². The van der Waals surface area contributed by atoms with Gasteiger partial charge in [0, 0.05) is 10.9 Å². The quantitative estimate of drug-likeness (QED) is 0.670. The van der Waals surface area contributed by atoms with Crippen molar-refractivity contribution in [1.82, 2.24) is 4.98 Å². The highest BCUT2D eigenvalue weighted by atomic mass is 35.5. The van der Waals surface area contributed by atoms with Gasteiger partial charge in [-0.05, 0) is 19.1 Å². The second-order valence-electron chi connectivity index (χ2n) is 3.08. The summed E-state index contributed by atoms with van der Waals surface area (Å²) in [4.78, 5) is 4.27. The fourth-order valence-electron chi connectivity index (χ4n) is 1.51. The summed E-state index contributed by atoms with van der Waals surface area (Å²) >= 11 is 5.98. The van der Waals surface area contributed by atoms with Crippen LogP contribution in [0.1, 0.15) is 5.56 Å². The average Bonchev–Trinajstić information content (AvgIpc) is 2.20. The first kappa shape index (κ1) is 9.28. The van der Waals surface area contributed by atoms with Crippen LogP contribution in [0.3, 0.4) is 0 Å². The van der Waals surface area contributed by atoms with Crippen molar-refractivity contribution in [2.24, 2.45) is 0 Å². The normalized spacial score (nSPS) is 10.5. The minimum atomic E-state index is 0.501. The molecule has 72 valence electrons. The summed E-state index contributed by atoms with van der Waals surface area (Å²) in [5.74, 6) is 0.806. The smallest absolute Gasteiger partial charge is 0.136 e. The summed E-state index contributed by atoms with van der Waals surface area (Å²) in [6, 6.07) is 7.79. The zero-order valence-corrected chi connectivity index (χ0v) is 8.80. The van der Waals surface area contributed by atoms with Crippen LogP contribution >= 0.6 is 11.6 Å². The molecular weight excluding hydrogens is 198 g/mol. The van der Waals surface area contributed by atoms with E-state index in [1.54, 1.807) is 7.11 Å². The van der Waals surface area contributed by atoms with E-state index in [0.29, 0.717) is 5.15 Å². The van der Waals surface area contributed by atoms with Gasteiger partial charge in [-0.2, -0.15) is 0 Å². The molecule has 0 fully saturated rings. The number of fused-ring (bicyclic) bond motifs is 1. The molecule has 0 atom stereocenters. The summed E-state index contributed by atoms with van der Waals surface area (Å²) < 4.78 is 5.31. The standard InChI is InChI=1S/C11H10ClNO/c1-7-10(14-2)8-5-3-4-6-9(8)13-11(7)12/h3-6H,1-2H3. The van der Waals surface area contributed by atoms with E-state index in [9.17, 15) is 0 Å². The summed E-state index contributed by atoms with van der Waals surface area (Å²) in [6.07, 6.45) is 0. The Hall–Kier alpha value is -1.28. The number of aromatic nitrogens is 1. The van der Waals surface area contributed by atoms with Crippen LogP contribution in [0.5, 0.6) is 5.75 Å². The van der Waals surface area contributed by atoms with Crippen LogP contribution in [0.2, 0.25) is 5.15 Å². The molecule has 0 spiro atoms. The Labute approximate surface area is 87.5 Å². The number of para-hydroxylation sites is 1. The van der Waals surface area contributed by atoms with Gasteiger partial charge in [-0.15, -0.1) is 0 Å². The van der Waals surface area contributed by atoms with E-state index in [0.717, 1.165) is 22.2 Å². The van der Waals surface area contributed by atoms with Crippen molar-refractivity contribution < 1.29 is 4.74 Å². The molecule has 14 heavy (non-hydrogen) atoms. The lowest BCUT2D eigenvalue weighted by atomic mass is 10.1. The zero-order chi connectivity index (χ0) is 10.1. The fraction of sp³-hybridized carbons (Fsp3) is 0.182. The number of nitrogens with zero attached hydrogens (tertiary/aromatic N) is 1. The predicted molar refractivity (Wildman–Crippen MR) is 58.0 cm³/mol. The Bertz CT molecular complexity index is 482. The number of rotatable bonds is 1. The lowest BCUT2D eigenvalue weighted by Crippen LogP contribution is -1.92. The van der Waals surface area contributed by atoms with Gasteiger partial charge in [0.2, 0.25) is 0 Å². The van der Waals surface area contributed by atoms with Crippen LogP contribution < -0.4 is 4.74 Å². The first-order valence-corrected chi connectivity index (χ1v) is 4.70. The first-order chi connectivity index (χ1) is 6.74. The molecule has 1 aromatic carbocycles. The largest absolute Gasteiger partial charge is 0.496 e. The average molecular weight is 208 g/mol. The third-order valence-corrected chi connectivity index (χ3v) is 2.59. The summed E-state index contributed by atoms with van der Waals surface area (Å²) in [5, 5.41) is 1.50. The molecular formula is C11H10ClNO. The Morgan fingerprint density at radius 1 is 1.29 bits per heavy atom. The van der Waals surface area contributed by atoms with Crippen molar-refractivity contribution in [1.29, 1.82) is 0 Å². The molecule has 0 saturated heterocycles. The van der Waals surface area contributed by atoms with Gasteiger partial charge in [-0.25, -0.2) is 4.98 Å². The van der Waals surface area contributed by atoms with Crippen LogP contribution in [0.25, 0.3) is 10.9 Å². The monoisotopic (exact) mass is 207 g/mol. The second kappa shape index (κ2) is 3.46. The van der Waals surface area contributed by atoms with Crippen molar-refractivity contribution in [2.45, 2.75) is 6.92 Å². The molecule has 0 saturated carbocycles. The number of pyridine rings is 1. The molecule has 2 nitrogen and oxygen atoms in total. The highest BCUT2D eigenvalue weighted by Crippen LogP contribution is 2.31. The third kappa shape index (κ3) is 1.32. The minimum absolute atomic E-state index is 0.501. The first-order valence-electron chi connectivity index (χ1n) is 4.33. The van der Waals surface area contributed by atoms with Crippen molar-refractivity contribution >= 4 is 22.5 Å². The lowest BCUT2D eigenvalue weighted by molar-refractivity contribution is 0.416. The summed E-state index contributed by atoms with van der Waals surface area (Å²) in [7, 11) is 1.64. The van der Waals surface area contributed by atoms with E-state index < -0.39 is 0 Å². The van der Waals surface area contributed by atoms with E-state index in [1.807, 2.05) is 31.2 Å². The lowest BCUT2D eigenvalue weighted by Gasteiger charge is -2.09. The number of hydrogen-bond donors (Lipinski definition) is 0. The molecule has 0 aliphatic rings. The maximum atomic E-state index is 5.98. The second-order valence-corrected chi connectivity index (χ2v) is 3.44. The Balaban J connectivity index is 2.89. The Kier molecular flexibility index (Phi) is 2.30. The van der Waals surface area contributed by atoms with E-state index >= 15 is 0 Å². The van der Waals surface area contributed by atoms with Crippen LogP contribution in [-0.4, -0.2) is 12.1 Å². The molecule has 0 N–H and O–H groups in total. The molecule has 1 heterocycles. The molecule has 0 aliphatic heterocycles. The fourth-order valence-corrected chi connectivity index (χ4v) is 1.69. The van der Waals surface area contributed by atoms with Gasteiger partial charge >= 0.3 is 0 Å². The number of methoxy groups -OCH3 is 1. The zero-order valence-electron chi connectivity index (χ0n) is 8.04. The van der Waals surface area contributed by atoms with Crippen LogP contribution in [0.15, 0.2) is 24.3 Å². The molecule has 2 rings (SSSR count). The maximum Gasteiger partial charge on any atom is 0.136 e. The van der Waals surface area contributed by atoms with E-state index in [1.165, 1.54) is 0 Å². The Morgan fingerprint density at radius 3 is 2.71 bits per heavy atom. The maximum absolute atomic E-state index is 5.98. The van der Waals surface area contributed by atoms with Crippen LogP contribution in [-0.2, 0) is 0 Å². The molecule has 0 unspecified atom stereocenters. The Morgan fingerprint density at radius 2 is 2.00 bits per heavy atom. The highest BCUT2D eigenvalue weighted by molar-refractivity contribution is 6.30. The molecule has 0 amide bonds. The minimum Gasteiger partial charge on any atom is -0.496 e. The van der Waals surface area contributed by atoms with Crippen LogP contribution in [0.4, 0.5) is 0 Å². The number of benzene rings is 1. The SMILES string of the molecule is COc1c(C)c(Cl)nc2ccccc12. The third-order valence-electron chi connectivity index (χ3n) is 2.22. The molecule has 0 radical (unpaired) electrons. The van der Waals surface area contributed by atoms with E-state index in [2.05, 4.69) is 4.98 Å². The van der Waals surface area contributed by atoms with Gasteiger partial charge < -0.3 is 4.74 Å². The van der Waals surface area contributed by atoms with Gasteiger partial charge in [-0.1, -0.05) is 23.7 Å². The predicted octanol–water partition coefficient (Wildman–Crippen LogP) is 3.21. The molecule has 0 aliphatic carbocycles. The van der Waals surface area contributed by atoms with Crippen molar-refractivity contribution in [3.8, 4) is 5.75 Å². The summed E-state index contributed by atoms with van der Waals surface area (Å²) in [6.45, 7) is 1.90. The van der Waals surface area contributed by atoms with Gasteiger partial charge in [0.15, 0.2) is 0 Å². The van der Waals surface area contributed by atoms with E-state index in [4.69, 9.17) is 16.3 Å². The van der Waals surface area contributed by atoms with Crippen molar-refractivity contribution in [3.05, 3.63) is 35.0 Å².